The van der Waals surface area contributed by atoms with Crippen LogP contribution < -0.4 is 10.2 Å². The summed E-state index contributed by atoms with van der Waals surface area (Å²) in [6, 6.07) is 9.05. The van der Waals surface area contributed by atoms with Crippen LogP contribution in [0.25, 0.3) is 11.3 Å². The van der Waals surface area contributed by atoms with Gasteiger partial charge in [0.1, 0.15) is 5.75 Å². The van der Waals surface area contributed by atoms with Gasteiger partial charge in [0.05, 0.1) is 5.69 Å². The highest BCUT2D eigenvalue weighted by molar-refractivity contribution is 5.71. The minimum Gasteiger partial charge on any atom is -0.507 e. The molecule has 4 rings (SSSR count). The smallest absolute Gasteiger partial charge is 0.151 e. The van der Waals surface area contributed by atoms with Gasteiger partial charge in [-0.2, -0.15) is 0 Å². The van der Waals surface area contributed by atoms with E-state index < -0.39 is 0 Å². The van der Waals surface area contributed by atoms with Crippen molar-refractivity contribution in [2.45, 2.75) is 52.1 Å². The van der Waals surface area contributed by atoms with Crippen LogP contribution in [-0.2, 0) is 6.42 Å². The minimum absolute atomic E-state index is 0.287. The van der Waals surface area contributed by atoms with E-state index in [-0.39, 0.29) is 5.75 Å². The molecule has 2 N–H and O–H groups in total. The normalized spacial score (nSPS) is 25.3. The Balaban J connectivity index is 1.62. The van der Waals surface area contributed by atoms with E-state index in [1.54, 1.807) is 6.07 Å². The van der Waals surface area contributed by atoms with Gasteiger partial charge in [0.2, 0.25) is 0 Å². The number of piperidine rings is 1. The second-order valence-electron chi connectivity index (χ2n) is 7.85. The molecule has 0 amide bonds. The lowest BCUT2D eigenvalue weighted by Gasteiger charge is -2.36. The molecule has 0 aliphatic carbocycles. The molecule has 1 aromatic heterocycles. The maximum atomic E-state index is 10.4. The molecule has 26 heavy (non-hydrogen) atoms. The molecule has 3 unspecified atom stereocenters. The van der Waals surface area contributed by atoms with Crippen LogP contribution in [0.15, 0.2) is 24.3 Å². The third-order valence-corrected chi connectivity index (χ3v) is 5.84. The Labute approximate surface area is 155 Å². The SMILES string of the molecule is CCc1cc(C)cc(O)c1-c1ccc(N2CCC3NCC(C)CC32)nn1. The fraction of sp³-hybridized carbons (Fsp3) is 0.524. The molecule has 138 valence electrons. The molecule has 5 nitrogen and oxygen atoms in total. The van der Waals surface area contributed by atoms with Crippen molar-refractivity contribution in [2.75, 3.05) is 18.0 Å². The quantitative estimate of drug-likeness (QED) is 0.887. The molecular formula is C21H28N4O. The number of rotatable bonds is 3. The van der Waals surface area contributed by atoms with Crippen molar-refractivity contribution < 1.29 is 5.11 Å². The van der Waals surface area contributed by atoms with Crippen molar-refractivity contribution in [3.8, 4) is 17.0 Å². The zero-order chi connectivity index (χ0) is 18.3. The zero-order valence-corrected chi connectivity index (χ0v) is 15.9. The second kappa shape index (κ2) is 6.88. The first kappa shape index (κ1) is 17.3. The highest BCUT2D eigenvalue weighted by Crippen LogP contribution is 2.35. The summed E-state index contributed by atoms with van der Waals surface area (Å²) < 4.78 is 0. The van der Waals surface area contributed by atoms with Crippen molar-refractivity contribution in [3.05, 3.63) is 35.4 Å². The van der Waals surface area contributed by atoms with Gasteiger partial charge < -0.3 is 15.3 Å². The number of nitrogens with one attached hydrogen (secondary N) is 1. The van der Waals surface area contributed by atoms with E-state index in [0.29, 0.717) is 18.0 Å². The maximum Gasteiger partial charge on any atom is 0.151 e. The largest absolute Gasteiger partial charge is 0.507 e. The van der Waals surface area contributed by atoms with Gasteiger partial charge in [-0.3, -0.25) is 0 Å². The topological polar surface area (TPSA) is 61.3 Å². The number of aromatic hydroxyl groups is 1. The molecular weight excluding hydrogens is 324 g/mol. The van der Waals surface area contributed by atoms with Gasteiger partial charge in [-0.25, -0.2) is 0 Å². The van der Waals surface area contributed by atoms with E-state index in [0.717, 1.165) is 47.7 Å². The predicted molar refractivity (Wildman–Crippen MR) is 105 cm³/mol. The molecule has 0 spiro atoms. The zero-order valence-electron chi connectivity index (χ0n) is 15.9. The summed E-state index contributed by atoms with van der Waals surface area (Å²) in [6.45, 7) is 8.55. The fourth-order valence-corrected chi connectivity index (χ4v) is 4.54. The highest BCUT2D eigenvalue weighted by Gasteiger charge is 2.38. The van der Waals surface area contributed by atoms with Gasteiger partial charge in [-0.15, -0.1) is 10.2 Å². The molecule has 5 heteroatoms. The summed E-state index contributed by atoms with van der Waals surface area (Å²) in [6.07, 6.45) is 3.23. The van der Waals surface area contributed by atoms with Crippen LogP contribution in [0, 0.1) is 12.8 Å². The van der Waals surface area contributed by atoms with Gasteiger partial charge >= 0.3 is 0 Å². The number of anilines is 1. The minimum atomic E-state index is 0.287. The van der Waals surface area contributed by atoms with Crippen LogP contribution in [0.2, 0.25) is 0 Å². The number of hydrogen-bond donors (Lipinski definition) is 2. The van der Waals surface area contributed by atoms with Gasteiger partial charge in [-0.05, 0) is 68.0 Å². The molecule has 0 bridgehead atoms. The summed E-state index contributed by atoms with van der Waals surface area (Å²) >= 11 is 0. The van der Waals surface area contributed by atoms with Crippen LogP contribution in [0.5, 0.6) is 5.75 Å². The summed E-state index contributed by atoms with van der Waals surface area (Å²) in [5.41, 5.74) is 3.73. The Morgan fingerprint density at radius 1 is 1.27 bits per heavy atom. The van der Waals surface area contributed by atoms with Crippen molar-refractivity contribution in [1.82, 2.24) is 15.5 Å². The number of nitrogens with zero attached hydrogens (tertiary/aromatic N) is 3. The summed E-state index contributed by atoms with van der Waals surface area (Å²) in [5.74, 6) is 1.93. The average Bonchev–Trinajstić information content (AvgIpc) is 3.04. The third-order valence-electron chi connectivity index (χ3n) is 5.84. The molecule has 0 radical (unpaired) electrons. The molecule has 2 aromatic rings. The predicted octanol–water partition coefficient (Wildman–Crippen LogP) is 3.30. The average molecular weight is 352 g/mol. The molecule has 3 heterocycles. The molecule has 2 aliphatic heterocycles. The lowest BCUT2D eigenvalue weighted by molar-refractivity contribution is 0.310. The monoisotopic (exact) mass is 352 g/mol. The Morgan fingerprint density at radius 2 is 2.12 bits per heavy atom. The lowest BCUT2D eigenvalue weighted by atomic mass is 9.92. The number of phenols is 1. The van der Waals surface area contributed by atoms with Gasteiger partial charge in [0.25, 0.3) is 0 Å². The molecule has 0 saturated carbocycles. The standard InChI is InChI=1S/C21H28N4O/c1-4-15-9-13(2)11-19(26)21(15)17-5-6-20(24-23-17)25-8-7-16-18(25)10-14(3)12-22-16/h5-6,9,11,14,16,18,22,26H,4,7-8,10,12H2,1-3H3. The van der Waals surface area contributed by atoms with Crippen LogP contribution in [0.4, 0.5) is 5.82 Å². The first-order valence-corrected chi connectivity index (χ1v) is 9.73. The first-order chi connectivity index (χ1) is 12.6. The van der Waals surface area contributed by atoms with E-state index in [1.165, 1.54) is 12.8 Å². The first-order valence-electron chi connectivity index (χ1n) is 9.73. The molecule has 1 aromatic carbocycles. The van der Waals surface area contributed by atoms with E-state index in [4.69, 9.17) is 0 Å². The Hall–Kier alpha value is -2.14. The van der Waals surface area contributed by atoms with Gasteiger partial charge in [-0.1, -0.05) is 19.9 Å². The van der Waals surface area contributed by atoms with Crippen molar-refractivity contribution in [3.63, 3.8) is 0 Å². The summed E-state index contributed by atoms with van der Waals surface area (Å²) in [7, 11) is 0. The third kappa shape index (κ3) is 3.05. The molecule has 2 aliphatic rings. The van der Waals surface area contributed by atoms with Gasteiger partial charge in [0, 0.05) is 24.2 Å². The summed E-state index contributed by atoms with van der Waals surface area (Å²) in [4.78, 5) is 2.40. The van der Waals surface area contributed by atoms with Crippen LogP contribution in [-0.4, -0.2) is 40.5 Å². The van der Waals surface area contributed by atoms with Crippen molar-refractivity contribution >= 4 is 5.82 Å². The second-order valence-corrected chi connectivity index (χ2v) is 7.85. The van der Waals surface area contributed by atoms with Gasteiger partial charge in [0.15, 0.2) is 5.82 Å². The fourth-order valence-electron chi connectivity index (χ4n) is 4.54. The highest BCUT2D eigenvalue weighted by atomic mass is 16.3. The Kier molecular flexibility index (Phi) is 4.57. The number of phenolic OH excluding ortho intramolecular Hbond substituents is 1. The van der Waals surface area contributed by atoms with Crippen LogP contribution in [0.1, 0.15) is 37.8 Å². The van der Waals surface area contributed by atoms with Crippen molar-refractivity contribution in [2.24, 2.45) is 5.92 Å². The number of aryl methyl sites for hydroxylation is 2. The van der Waals surface area contributed by atoms with Crippen LogP contribution >= 0.6 is 0 Å². The number of aromatic nitrogens is 2. The van der Waals surface area contributed by atoms with Crippen molar-refractivity contribution in [1.29, 1.82) is 0 Å². The van der Waals surface area contributed by atoms with E-state index in [9.17, 15) is 5.11 Å². The van der Waals surface area contributed by atoms with Crippen LogP contribution in [0.3, 0.4) is 0 Å². The summed E-state index contributed by atoms with van der Waals surface area (Å²) in [5, 5.41) is 23.1. The van der Waals surface area contributed by atoms with E-state index in [2.05, 4.69) is 46.4 Å². The molecule has 3 atom stereocenters. The van der Waals surface area contributed by atoms with E-state index in [1.807, 2.05) is 13.0 Å². The van der Waals surface area contributed by atoms with E-state index >= 15 is 0 Å². The molecule has 2 fully saturated rings. The number of fused-ring (bicyclic) bond motifs is 1. The lowest BCUT2D eigenvalue weighted by Crippen LogP contribution is -2.50. The Bertz CT molecular complexity index is 789. The number of benzene rings is 1. The Morgan fingerprint density at radius 3 is 2.85 bits per heavy atom. The maximum absolute atomic E-state index is 10.4. The molecule has 2 saturated heterocycles. The number of hydrogen-bond acceptors (Lipinski definition) is 5.